The van der Waals surface area contributed by atoms with E-state index >= 15 is 0 Å². The molecule has 2 aromatic carbocycles. The van der Waals surface area contributed by atoms with E-state index < -0.39 is 11.9 Å². The third-order valence-electron chi connectivity index (χ3n) is 4.08. The molecule has 1 heterocycles. The quantitative estimate of drug-likeness (QED) is 0.830. The first kappa shape index (κ1) is 16.8. The Bertz CT molecular complexity index is 775. The van der Waals surface area contributed by atoms with Crippen molar-refractivity contribution in [3.63, 3.8) is 0 Å². The van der Waals surface area contributed by atoms with Crippen LogP contribution in [0.15, 0.2) is 30.3 Å². The van der Waals surface area contributed by atoms with Crippen LogP contribution in [0.25, 0.3) is 0 Å². The van der Waals surface area contributed by atoms with Crippen molar-refractivity contribution in [2.24, 2.45) is 0 Å². The van der Waals surface area contributed by atoms with Crippen molar-refractivity contribution in [1.82, 2.24) is 0 Å². The van der Waals surface area contributed by atoms with Crippen LogP contribution in [0.4, 0.5) is 0 Å². The molecule has 0 radical (unpaired) electrons. The monoisotopic (exact) mass is 346 g/mol. The summed E-state index contributed by atoms with van der Waals surface area (Å²) in [4.78, 5) is 11.8. The minimum absolute atomic E-state index is 0.122. The average molecular weight is 346 g/mol. The molecule has 2 aromatic rings. The molecular weight excluding hydrogens is 328 g/mol. The van der Waals surface area contributed by atoms with Gasteiger partial charge in [0.15, 0.2) is 23.0 Å². The van der Waals surface area contributed by atoms with Gasteiger partial charge in [0.05, 0.1) is 20.1 Å². The van der Waals surface area contributed by atoms with Gasteiger partial charge in [-0.05, 0) is 41.8 Å². The summed E-state index contributed by atoms with van der Waals surface area (Å²) >= 11 is 0. The van der Waals surface area contributed by atoms with E-state index in [0.717, 1.165) is 0 Å². The Labute approximate surface area is 144 Å². The van der Waals surface area contributed by atoms with Crippen LogP contribution < -0.4 is 18.9 Å². The van der Waals surface area contributed by atoms with Gasteiger partial charge in [-0.25, -0.2) is 0 Å². The van der Waals surface area contributed by atoms with Crippen LogP contribution in [-0.2, 0) is 11.2 Å². The highest BCUT2D eigenvalue weighted by molar-refractivity contribution is 5.77. The smallest absolute Gasteiger partial charge is 0.311 e. The van der Waals surface area contributed by atoms with E-state index in [1.165, 1.54) is 14.2 Å². The van der Waals surface area contributed by atoms with Crippen molar-refractivity contribution < 1.29 is 34.0 Å². The van der Waals surface area contributed by atoms with Crippen LogP contribution in [0.2, 0.25) is 0 Å². The molecule has 132 valence electrons. The number of carboxylic acid groups (broad SMARTS) is 1. The maximum absolute atomic E-state index is 11.8. The lowest BCUT2D eigenvalue weighted by Crippen LogP contribution is -2.14. The number of rotatable bonds is 6. The summed E-state index contributed by atoms with van der Waals surface area (Å²) in [6.45, 7) is 0.128. The van der Waals surface area contributed by atoms with Gasteiger partial charge in [0, 0.05) is 0 Å². The molecule has 3 rings (SSSR count). The first-order valence-electron chi connectivity index (χ1n) is 7.59. The third-order valence-corrected chi connectivity index (χ3v) is 4.08. The molecule has 0 aliphatic carbocycles. The minimum Gasteiger partial charge on any atom is -0.502 e. The van der Waals surface area contributed by atoms with Crippen LogP contribution in [0.5, 0.6) is 28.7 Å². The zero-order valence-corrected chi connectivity index (χ0v) is 13.8. The summed E-state index contributed by atoms with van der Waals surface area (Å²) in [5, 5.41) is 19.6. The number of fused-ring (bicyclic) bond motifs is 1. The molecule has 1 unspecified atom stereocenters. The minimum atomic E-state index is -0.968. The Hall–Kier alpha value is -3.09. The van der Waals surface area contributed by atoms with Gasteiger partial charge in [0.2, 0.25) is 12.5 Å². The van der Waals surface area contributed by atoms with Crippen molar-refractivity contribution >= 4 is 5.97 Å². The normalized spacial score (nSPS) is 13.4. The van der Waals surface area contributed by atoms with Gasteiger partial charge in [-0.1, -0.05) is 6.07 Å². The molecule has 1 aliphatic heterocycles. The molecular formula is C18H18O7. The topological polar surface area (TPSA) is 94.5 Å². The highest BCUT2D eigenvalue weighted by atomic mass is 16.7. The van der Waals surface area contributed by atoms with Gasteiger partial charge < -0.3 is 29.2 Å². The Morgan fingerprint density at radius 1 is 1.12 bits per heavy atom. The number of benzene rings is 2. The lowest BCUT2D eigenvalue weighted by Gasteiger charge is -2.16. The average Bonchev–Trinajstić information content (AvgIpc) is 3.08. The first-order chi connectivity index (χ1) is 12.0. The number of carbonyl (C=O) groups is 1. The summed E-state index contributed by atoms with van der Waals surface area (Å²) in [6.07, 6.45) is 0.196. The van der Waals surface area contributed by atoms with E-state index in [2.05, 4.69) is 0 Å². The second-order valence-corrected chi connectivity index (χ2v) is 5.56. The molecule has 25 heavy (non-hydrogen) atoms. The maximum atomic E-state index is 11.8. The van der Waals surface area contributed by atoms with Gasteiger partial charge in [0.1, 0.15) is 0 Å². The van der Waals surface area contributed by atoms with Crippen LogP contribution in [0.1, 0.15) is 17.0 Å². The summed E-state index contributed by atoms with van der Waals surface area (Å²) in [5.74, 6) is -0.305. The van der Waals surface area contributed by atoms with E-state index in [4.69, 9.17) is 18.9 Å². The highest BCUT2D eigenvalue weighted by Crippen LogP contribution is 2.39. The fourth-order valence-electron chi connectivity index (χ4n) is 2.78. The fourth-order valence-corrected chi connectivity index (χ4v) is 2.78. The zero-order valence-electron chi connectivity index (χ0n) is 13.8. The molecule has 7 nitrogen and oxygen atoms in total. The van der Waals surface area contributed by atoms with Crippen molar-refractivity contribution in [1.29, 1.82) is 0 Å². The molecule has 1 atom stereocenters. The molecule has 1 aliphatic rings. The van der Waals surface area contributed by atoms with Crippen molar-refractivity contribution in [2.45, 2.75) is 12.3 Å². The lowest BCUT2D eigenvalue weighted by atomic mass is 9.91. The molecule has 0 saturated carbocycles. The number of carboxylic acids is 1. The summed E-state index contributed by atoms with van der Waals surface area (Å²) in [5.41, 5.74) is 1.26. The molecule has 7 heteroatoms. The molecule has 0 spiro atoms. The van der Waals surface area contributed by atoms with E-state index in [1.54, 1.807) is 30.3 Å². The van der Waals surface area contributed by atoms with Crippen molar-refractivity contribution in [3.8, 4) is 28.7 Å². The fraction of sp³-hybridized carbons (Fsp3) is 0.278. The number of aliphatic carboxylic acids is 1. The molecule has 0 saturated heterocycles. The van der Waals surface area contributed by atoms with E-state index in [1.807, 2.05) is 0 Å². The van der Waals surface area contributed by atoms with Crippen LogP contribution in [0.3, 0.4) is 0 Å². The number of hydrogen-bond donors (Lipinski definition) is 2. The summed E-state index contributed by atoms with van der Waals surface area (Å²) in [6, 6.07) is 8.28. The van der Waals surface area contributed by atoms with Gasteiger partial charge in [-0.15, -0.1) is 0 Å². The molecule has 2 N–H and O–H groups in total. The number of ether oxygens (including phenoxy) is 4. The van der Waals surface area contributed by atoms with Gasteiger partial charge in [-0.2, -0.15) is 0 Å². The largest absolute Gasteiger partial charge is 0.502 e. The van der Waals surface area contributed by atoms with E-state index in [9.17, 15) is 15.0 Å². The van der Waals surface area contributed by atoms with Crippen LogP contribution in [-0.4, -0.2) is 37.2 Å². The number of aromatic hydroxyl groups is 1. The number of hydrogen-bond acceptors (Lipinski definition) is 6. The second-order valence-electron chi connectivity index (χ2n) is 5.56. The summed E-state index contributed by atoms with van der Waals surface area (Å²) in [7, 11) is 2.84. The SMILES string of the molecule is COc1cc(CC(C(=O)O)c2ccc3c(c2)OCO3)cc(OC)c1O. The van der Waals surface area contributed by atoms with E-state index in [-0.39, 0.29) is 30.5 Å². The Balaban J connectivity index is 1.94. The first-order valence-corrected chi connectivity index (χ1v) is 7.59. The standard InChI is InChI=1S/C18H18O7/c1-22-15-6-10(7-16(23-2)17(15)19)5-12(18(20)21)11-3-4-13-14(8-11)25-9-24-13/h3-4,6-8,12,19H,5,9H2,1-2H3,(H,20,21). The Kier molecular flexibility index (Phi) is 4.56. The van der Waals surface area contributed by atoms with Crippen LogP contribution >= 0.6 is 0 Å². The Morgan fingerprint density at radius 3 is 2.36 bits per heavy atom. The number of phenols is 1. The third kappa shape index (κ3) is 3.26. The van der Waals surface area contributed by atoms with Crippen LogP contribution in [0, 0.1) is 0 Å². The zero-order chi connectivity index (χ0) is 18.0. The second kappa shape index (κ2) is 6.80. The van der Waals surface area contributed by atoms with Crippen molar-refractivity contribution in [3.05, 3.63) is 41.5 Å². The molecule has 0 fully saturated rings. The predicted molar refractivity (Wildman–Crippen MR) is 87.9 cm³/mol. The number of phenolic OH excluding ortho intramolecular Hbond substituents is 1. The van der Waals surface area contributed by atoms with Gasteiger partial charge >= 0.3 is 5.97 Å². The summed E-state index contributed by atoms with van der Waals surface area (Å²) < 4.78 is 20.8. The molecule has 0 bridgehead atoms. The predicted octanol–water partition coefficient (Wildman–Crippen LogP) is 2.55. The Morgan fingerprint density at radius 2 is 1.76 bits per heavy atom. The molecule has 0 amide bonds. The van der Waals surface area contributed by atoms with Gasteiger partial charge in [-0.3, -0.25) is 4.79 Å². The number of methoxy groups -OCH3 is 2. The van der Waals surface area contributed by atoms with Crippen molar-refractivity contribution in [2.75, 3.05) is 21.0 Å². The van der Waals surface area contributed by atoms with Gasteiger partial charge in [0.25, 0.3) is 0 Å². The highest BCUT2D eigenvalue weighted by Gasteiger charge is 2.25. The van der Waals surface area contributed by atoms with E-state index in [0.29, 0.717) is 22.6 Å². The maximum Gasteiger partial charge on any atom is 0.311 e. The molecule has 0 aromatic heterocycles. The lowest BCUT2D eigenvalue weighted by molar-refractivity contribution is -0.138.